The highest BCUT2D eigenvalue weighted by Gasteiger charge is 2.16. The van der Waals surface area contributed by atoms with Crippen molar-refractivity contribution in [3.05, 3.63) is 81.7 Å². The van der Waals surface area contributed by atoms with Crippen molar-refractivity contribution >= 4 is 41.3 Å². The van der Waals surface area contributed by atoms with E-state index in [2.05, 4.69) is 55.5 Å². The fourth-order valence-electron chi connectivity index (χ4n) is 2.82. The number of hydrogen-bond donors (Lipinski definition) is 0. The fraction of sp³-hybridized carbons (Fsp3) is 0.158. The van der Waals surface area contributed by atoms with E-state index < -0.39 is 6.63 Å². The number of fused-ring (bicyclic) bond motifs is 2. The molecule has 0 nitrogen and oxygen atoms in total. The Morgan fingerprint density at radius 1 is 0.773 bits per heavy atom. The molecule has 0 bridgehead atoms. The first-order valence-electron chi connectivity index (χ1n) is 7.29. The fourth-order valence-corrected chi connectivity index (χ4v) is 4.00. The summed E-state index contributed by atoms with van der Waals surface area (Å²) in [5, 5.41) is 1.16. The highest BCUT2D eigenvalue weighted by Crippen LogP contribution is 2.58. The molecule has 3 heteroatoms. The Morgan fingerprint density at radius 2 is 1.32 bits per heavy atom. The first-order chi connectivity index (χ1) is 10.6. The lowest BCUT2D eigenvalue weighted by molar-refractivity contribution is 1.20. The summed E-state index contributed by atoms with van der Waals surface area (Å²) in [6.07, 6.45) is 6.43. The quantitative estimate of drug-likeness (QED) is 0.486. The van der Waals surface area contributed by atoms with E-state index in [4.69, 9.17) is 22.5 Å². The van der Waals surface area contributed by atoms with E-state index in [9.17, 15) is 0 Å². The van der Waals surface area contributed by atoms with Crippen LogP contribution in [0.2, 0.25) is 0 Å². The lowest BCUT2D eigenvalue weighted by Crippen LogP contribution is -1.79. The molecule has 2 aromatic rings. The van der Waals surface area contributed by atoms with Crippen LogP contribution in [0.3, 0.4) is 0 Å². The predicted molar refractivity (Wildman–Crippen MR) is 101 cm³/mol. The van der Waals surface area contributed by atoms with Gasteiger partial charge in [-0.2, -0.15) is 0 Å². The van der Waals surface area contributed by atoms with Crippen LogP contribution < -0.4 is 0 Å². The zero-order valence-corrected chi connectivity index (χ0v) is 14.8. The third-order valence-corrected chi connectivity index (χ3v) is 5.92. The van der Waals surface area contributed by atoms with E-state index >= 15 is 0 Å². The average Bonchev–Trinajstić information content (AvgIpc) is 3.09. The minimum atomic E-state index is -0.942. The van der Waals surface area contributed by atoms with E-state index in [-0.39, 0.29) is 0 Å². The molecule has 0 fully saturated rings. The van der Waals surface area contributed by atoms with Gasteiger partial charge in [-0.15, -0.1) is 0 Å². The average molecular weight is 347 g/mol. The third-order valence-electron chi connectivity index (χ3n) is 3.89. The summed E-state index contributed by atoms with van der Waals surface area (Å²) in [7, 11) is 0. The summed E-state index contributed by atoms with van der Waals surface area (Å²) in [4.78, 5) is 0. The Kier molecular flexibility index (Phi) is 5.03. The van der Waals surface area contributed by atoms with Crippen LogP contribution in [0.4, 0.5) is 0 Å². The van der Waals surface area contributed by atoms with Gasteiger partial charge in [0, 0.05) is 6.42 Å². The number of halogens is 2. The third kappa shape index (κ3) is 3.63. The molecule has 112 valence electrons. The van der Waals surface area contributed by atoms with Gasteiger partial charge < -0.3 is 0 Å². The largest absolute Gasteiger partial charge is 0.113 e. The highest BCUT2D eigenvalue weighted by atomic mass is 35.9. The van der Waals surface area contributed by atoms with Gasteiger partial charge in [-0.1, -0.05) is 82.7 Å². The van der Waals surface area contributed by atoms with Gasteiger partial charge in [-0.05, 0) is 47.0 Å². The second-order valence-electron chi connectivity index (χ2n) is 5.61. The molecule has 22 heavy (non-hydrogen) atoms. The summed E-state index contributed by atoms with van der Waals surface area (Å²) < 4.78 is 0. The van der Waals surface area contributed by atoms with E-state index in [1.54, 1.807) is 0 Å². The molecule has 2 aromatic carbocycles. The molecule has 0 heterocycles. The summed E-state index contributed by atoms with van der Waals surface area (Å²) in [5.74, 6) is 0. The van der Waals surface area contributed by atoms with Crippen LogP contribution >= 0.6 is 29.1 Å². The van der Waals surface area contributed by atoms with Crippen LogP contribution in [0.5, 0.6) is 0 Å². The smallest absolute Gasteiger partial charge is 0.0731 e. The maximum Gasteiger partial charge on any atom is 0.113 e. The van der Waals surface area contributed by atoms with Crippen LogP contribution in [0.15, 0.2) is 59.4 Å². The van der Waals surface area contributed by atoms with Crippen molar-refractivity contribution < 1.29 is 0 Å². The molecule has 0 spiro atoms. The van der Waals surface area contributed by atoms with E-state index in [1.807, 2.05) is 12.1 Å². The SMILES string of the molecule is CC1=Cc2ccccc2C1.ClP(Cl)C1=Cc2ccccc2C1. The second kappa shape index (κ2) is 7.01. The molecule has 2 aliphatic carbocycles. The maximum absolute atomic E-state index is 5.84. The minimum Gasteiger partial charge on any atom is -0.0731 e. The Hall–Kier alpha value is -1.07. The van der Waals surface area contributed by atoms with Crippen molar-refractivity contribution in [2.75, 3.05) is 0 Å². The van der Waals surface area contributed by atoms with Gasteiger partial charge >= 0.3 is 0 Å². The standard InChI is InChI=1S/C10H10.C9H7Cl2P/c1-8-6-9-4-2-3-5-10(9)7-8;10-12(11)9-5-7-3-1-2-4-8(7)6-9/h2-6H,7H2,1H3;1-5H,6H2. The molecular formula is C19H17Cl2P. The van der Waals surface area contributed by atoms with Gasteiger partial charge in [0.15, 0.2) is 0 Å². The first-order valence-corrected chi connectivity index (χ1v) is 10.4. The summed E-state index contributed by atoms with van der Waals surface area (Å²) in [6.45, 7) is 1.24. The van der Waals surface area contributed by atoms with Crippen molar-refractivity contribution in [3.63, 3.8) is 0 Å². The summed E-state index contributed by atoms with van der Waals surface area (Å²) in [5.41, 5.74) is 6.95. The van der Waals surface area contributed by atoms with E-state index in [0.29, 0.717) is 0 Å². The van der Waals surface area contributed by atoms with Gasteiger partial charge in [-0.25, -0.2) is 0 Å². The van der Waals surface area contributed by atoms with Crippen LogP contribution in [0, 0.1) is 0 Å². The van der Waals surface area contributed by atoms with Crippen molar-refractivity contribution in [2.45, 2.75) is 19.8 Å². The number of benzene rings is 2. The predicted octanol–water partition coefficient (Wildman–Crippen LogP) is 7.02. The normalized spacial score (nSPS) is 14.7. The van der Waals surface area contributed by atoms with E-state index in [1.165, 1.54) is 27.8 Å². The summed E-state index contributed by atoms with van der Waals surface area (Å²) >= 11 is 11.7. The summed E-state index contributed by atoms with van der Waals surface area (Å²) in [6, 6.07) is 16.8. The zero-order chi connectivity index (χ0) is 15.5. The molecule has 0 atom stereocenters. The Bertz CT molecular complexity index is 745. The van der Waals surface area contributed by atoms with Crippen molar-refractivity contribution in [1.82, 2.24) is 0 Å². The molecule has 2 aliphatic rings. The molecular weight excluding hydrogens is 330 g/mol. The maximum atomic E-state index is 5.84. The highest BCUT2D eigenvalue weighted by molar-refractivity contribution is 8.06. The van der Waals surface area contributed by atoms with Crippen LogP contribution in [0.1, 0.15) is 29.2 Å². The van der Waals surface area contributed by atoms with Crippen molar-refractivity contribution in [2.24, 2.45) is 0 Å². The molecule has 0 aliphatic heterocycles. The van der Waals surface area contributed by atoms with E-state index in [0.717, 1.165) is 18.2 Å². The second-order valence-corrected chi connectivity index (χ2v) is 9.20. The van der Waals surface area contributed by atoms with Crippen LogP contribution in [-0.4, -0.2) is 0 Å². The number of rotatable bonds is 1. The van der Waals surface area contributed by atoms with Crippen molar-refractivity contribution in [1.29, 1.82) is 0 Å². The number of hydrogen-bond acceptors (Lipinski definition) is 0. The monoisotopic (exact) mass is 346 g/mol. The van der Waals surface area contributed by atoms with Gasteiger partial charge in [0.25, 0.3) is 0 Å². The molecule has 4 rings (SSSR count). The van der Waals surface area contributed by atoms with Crippen LogP contribution in [0.25, 0.3) is 12.2 Å². The molecule has 0 radical (unpaired) electrons. The van der Waals surface area contributed by atoms with Gasteiger partial charge in [0.2, 0.25) is 0 Å². The van der Waals surface area contributed by atoms with Gasteiger partial charge in [-0.3, -0.25) is 0 Å². The first kappa shape index (κ1) is 15.8. The van der Waals surface area contributed by atoms with Crippen molar-refractivity contribution in [3.8, 4) is 0 Å². The lowest BCUT2D eigenvalue weighted by atomic mass is 10.1. The molecule has 0 aromatic heterocycles. The molecule has 0 amide bonds. The molecule has 0 saturated heterocycles. The lowest BCUT2D eigenvalue weighted by Gasteiger charge is -1.99. The molecule has 0 N–H and O–H groups in total. The Balaban J connectivity index is 0.000000133. The Labute approximate surface area is 142 Å². The topological polar surface area (TPSA) is 0 Å². The van der Waals surface area contributed by atoms with Crippen LogP contribution in [-0.2, 0) is 12.8 Å². The Morgan fingerprint density at radius 3 is 1.86 bits per heavy atom. The molecule has 0 saturated carbocycles. The number of allylic oxidation sites excluding steroid dienone is 2. The zero-order valence-electron chi connectivity index (χ0n) is 12.4. The van der Waals surface area contributed by atoms with Gasteiger partial charge in [0.05, 0.1) is 0 Å². The van der Waals surface area contributed by atoms with Gasteiger partial charge in [0.1, 0.15) is 6.63 Å². The minimum absolute atomic E-state index is 0.925. The molecule has 0 unspecified atom stereocenters.